The number of benzene rings is 1. The number of carbonyl (C=O) groups excluding carboxylic acids is 1. The molecule has 0 saturated carbocycles. The number of hydrogen-bond acceptors (Lipinski definition) is 5. The molecule has 0 spiro atoms. The van der Waals surface area contributed by atoms with Crippen molar-refractivity contribution in [2.75, 3.05) is 6.61 Å². The number of nitrogens with zero attached hydrogens (tertiary/aromatic N) is 1. The number of ether oxygens (including phenoxy) is 2. The van der Waals surface area contributed by atoms with Crippen LogP contribution in [0.15, 0.2) is 39.5 Å². The molecule has 0 aliphatic rings. The predicted octanol–water partition coefficient (Wildman–Crippen LogP) is 5.42. The third-order valence-electron chi connectivity index (χ3n) is 3.56. The zero-order chi connectivity index (χ0) is 20.0. The number of amides is 1. The third kappa shape index (κ3) is 7.25. The van der Waals surface area contributed by atoms with Gasteiger partial charge in [-0.05, 0) is 51.3 Å². The lowest BCUT2D eigenvalue weighted by Gasteiger charge is -2.25. The van der Waals surface area contributed by atoms with E-state index in [4.69, 9.17) is 14.0 Å². The monoisotopic (exact) mass is 438 g/mol. The van der Waals surface area contributed by atoms with Crippen LogP contribution in [-0.4, -0.2) is 29.5 Å². The molecule has 0 fully saturated rings. The van der Waals surface area contributed by atoms with E-state index in [2.05, 4.69) is 40.3 Å². The van der Waals surface area contributed by atoms with Gasteiger partial charge in [-0.1, -0.05) is 34.9 Å². The average Bonchev–Trinajstić information content (AvgIpc) is 3.05. The lowest BCUT2D eigenvalue weighted by atomic mass is 10.0. The van der Waals surface area contributed by atoms with Crippen LogP contribution in [0.2, 0.25) is 0 Å². The van der Waals surface area contributed by atoms with Crippen LogP contribution in [0.5, 0.6) is 5.75 Å². The Morgan fingerprint density at radius 1 is 1.30 bits per heavy atom. The first-order chi connectivity index (χ1) is 12.6. The third-order valence-corrected chi connectivity index (χ3v) is 4.05. The second-order valence-corrected chi connectivity index (χ2v) is 8.72. The Kier molecular flexibility index (Phi) is 7.30. The van der Waals surface area contributed by atoms with Gasteiger partial charge in [0.15, 0.2) is 5.76 Å². The van der Waals surface area contributed by atoms with E-state index in [9.17, 15) is 4.79 Å². The summed E-state index contributed by atoms with van der Waals surface area (Å²) >= 11 is 3.46. The number of carbonyl (C=O) groups is 1. The van der Waals surface area contributed by atoms with Crippen molar-refractivity contribution in [1.82, 2.24) is 10.5 Å². The van der Waals surface area contributed by atoms with Crippen LogP contribution in [0.4, 0.5) is 4.79 Å². The predicted molar refractivity (Wildman–Crippen MR) is 108 cm³/mol. The zero-order valence-electron chi connectivity index (χ0n) is 16.4. The minimum atomic E-state index is -0.543. The van der Waals surface area contributed by atoms with Crippen molar-refractivity contribution in [3.8, 4) is 17.1 Å². The zero-order valence-corrected chi connectivity index (χ0v) is 18.0. The Morgan fingerprint density at radius 3 is 2.63 bits per heavy atom. The van der Waals surface area contributed by atoms with Gasteiger partial charge in [-0.3, -0.25) is 0 Å². The molecule has 1 aromatic carbocycles. The molecular weight excluding hydrogens is 412 g/mol. The molecule has 6 nitrogen and oxygen atoms in total. The molecule has 1 aromatic heterocycles. The molecule has 1 N–H and O–H groups in total. The number of alkyl carbamates (subject to hydrolysis) is 1. The molecule has 1 amide bonds. The Morgan fingerprint density at radius 2 is 2.04 bits per heavy atom. The second kappa shape index (κ2) is 9.26. The van der Waals surface area contributed by atoms with E-state index in [1.54, 1.807) is 12.3 Å². The highest BCUT2D eigenvalue weighted by molar-refractivity contribution is 9.10. The number of aromatic nitrogens is 1. The van der Waals surface area contributed by atoms with Gasteiger partial charge in [0, 0.05) is 10.5 Å². The van der Waals surface area contributed by atoms with Gasteiger partial charge in [0.25, 0.3) is 0 Å². The van der Waals surface area contributed by atoms with Gasteiger partial charge in [-0.2, -0.15) is 0 Å². The van der Waals surface area contributed by atoms with Gasteiger partial charge in [-0.15, -0.1) is 0 Å². The average molecular weight is 439 g/mol. The Bertz CT molecular complexity index is 739. The molecule has 7 heteroatoms. The SMILES string of the molecule is CC(C)CC(COc1ccc(Br)cc1-c1ccno1)NC(=O)OC(C)(C)C. The van der Waals surface area contributed by atoms with Crippen molar-refractivity contribution in [3.05, 3.63) is 34.9 Å². The molecule has 1 atom stereocenters. The van der Waals surface area contributed by atoms with Crippen LogP contribution in [0.1, 0.15) is 41.0 Å². The molecular formula is C20H27BrN2O4. The molecule has 27 heavy (non-hydrogen) atoms. The molecule has 1 unspecified atom stereocenters. The van der Waals surface area contributed by atoms with Crippen LogP contribution < -0.4 is 10.1 Å². The van der Waals surface area contributed by atoms with Crippen LogP contribution in [-0.2, 0) is 4.74 Å². The lowest BCUT2D eigenvalue weighted by molar-refractivity contribution is 0.0480. The molecule has 0 aliphatic carbocycles. The maximum Gasteiger partial charge on any atom is 0.407 e. The number of halogens is 1. The molecule has 0 aliphatic heterocycles. The van der Waals surface area contributed by atoms with E-state index in [0.717, 1.165) is 16.5 Å². The molecule has 0 saturated heterocycles. The fraction of sp³-hybridized carbons (Fsp3) is 0.500. The van der Waals surface area contributed by atoms with Gasteiger partial charge < -0.3 is 19.3 Å². The Labute approximate surface area is 168 Å². The fourth-order valence-electron chi connectivity index (χ4n) is 2.58. The van der Waals surface area contributed by atoms with Crippen LogP contribution in [0.3, 0.4) is 0 Å². The summed E-state index contributed by atoms with van der Waals surface area (Å²) in [6, 6.07) is 7.27. The van der Waals surface area contributed by atoms with Gasteiger partial charge in [0.05, 0.1) is 17.8 Å². The summed E-state index contributed by atoms with van der Waals surface area (Å²) in [5, 5.41) is 6.67. The summed E-state index contributed by atoms with van der Waals surface area (Å²) in [7, 11) is 0. The van der Waals surface area contributed by atoms with Gasteiger partial charge in [-0.25, -0.2) is 4.79 Å². The van der Waals surface area contributed by atoms with Crippen molar-refractivity contribution < 1.29 is 18.8 Å². The van der Waals surface area contributed by atoms with Crippen molar-refractivity contribution in [2.45, 2.75) is 52.7 Å². The second-order valence-electron chi connectivity index (χ2n) is 7.80. The first-order valence-corrected chi connectivity index (χ1v) is 9.76. The molecule has 0 radical (unpaired) electrons. The normalized spacial score (nSPS) is 12.7. The van der Waals surface area contributed by atoms with E-state index in [0.29, 0.717) is 24.0 Å². The highest BCUT2D eigenvalue weighted by Gasteiger charge is 2.21. The fourth-order valence-corrected chi connectivity index (χ4v) is 2.94. The lowest BCUT2D eigenvalue weighted by Crippen LogP contribution is -2.42. The van der Waals surface area contributed by atoms with Crippen molar-refractivity contribution in [3.63, 3.8) is 0 Å². The van der Waals surface area contributed by atoms with Crippen LogP contribution >= 0.6 is 15.9 Å². The van der Waals surface area contributed by atoms with E-state index in [1.807, 2.05) is 39.0 Å². The van der Waals surface area contributed by atoms with Gasteiger partial charge in [0.1, 0.15) is 18.0 Å². The number of rotatable bonds is 7. The summed E-state index contributed by atoms with van der Waals surface area (Å²) in [5.41, 5.74) is 0.251. The van der Waals surface area contributed by atoms with E-state index < -0.39 is 11.7 Å². The Hall–Kier alpha value is -2.02. The van der Waals surface area contributed by atoms with Crippen molar-refractivity contribution in [1.29, 1.82) is 0 Å². The first-order valence-electron chi connectivity index (χ1n) is 8.97. The summed E-state index contributed by atoms with van der Waals surface area (Å²) in [4.78, 5) is 12.1. The minimum Gasteiger partial charge on any atom is -0.491 e. The summed E-state index contributed by atoms with van der Waals surface area (Å²) in [6.45, 7) is 10.0. The minimum absolute atomic E-state index is 0.175. The maximum atomic E-state index is 12.1. The van der Waals surface area contributed by atoms with Crippen molar-refractivity contribution in [2.24, 2.45) is 5.92 Å². The first kappa shape index (κ1) is 21.3. The van der Waals surface area contributed by atoms with Crippen LogP contribution in [0.25, 0.3) is 11.3 Å². The molecule has 0 bridgehead atoms. The quantitative estimate of drug-likeness (QED) is 0.624. The largest absolute Gasteiger partial charge is 0.491 e. The summed E-state index contributed by atoms with van der Waals surface area (Å²) < 4.78 is 17.6. The van der Waals surface area contributed by atoms with Gasteiger partial charge in [0.2, 0.25) is 0 Å². The molecule has 2 rings (SSSR count). The van der Waals surface area contributed by atoms with E-state index in [1.165, 1.54) is 0 Å². The van der Waals surface area contributed by atoms with E-state index in [-0.39, 0.29) is 6.04 Å². The van der Waals surface area contributed by atoms with Gasteiger partial charge >= 0.3 is 6.09 Å². The highest BCUT2D eigenvalue weighted by atomic mass is 79.9. The van der Waals surface area contributed by atoms with Crippen LogP contribution in [0, 0.1) is 5.92 Å². The van der Waals surface area contributed by atoms with Crippen molar-refractivity contribution >= 4 is 22.0 Å². The number of nitrogens with one attached hydrogen (secondary N) is 1. The standard InChI is InChI=1S/C20H27BrN2O4/c1-13(2)10-15(23-19(24)26-20(3,4)5)12-25-17-7-6-14(21)11-16(17)18-8-9-22-27-18/h6-9,11,13,15H,10,12H2,1-5H3,(H,23,24). The molecule has 1 heterocycles. The van der Waals surface area contributed by atoms with E-state index >= 15 is 0 Å². The Balaban J connectivity index is 2.09. The highest BCUT2D eigenvalue weighted by Crippen LogP contribution is 2.32. The smallest absolute Gasteiger partial charge is 0.407 e. The number of hydrogen-bond donors (Lipinski definition) is 1. The maximum absolute atomic E-state index is 12.1. The molecule has 148 valence electrons. The molecule has 2 aromatic rings. The summed E-state index contributed by atoms with van der Waals surface area (Å²) in [6.07, 6.45) is 1.92. The topological polar surface area (TPSA) is 73.6 Å². The summed E-state index contributed by atoms with van der Waals surface area (Å²) in [5.74, 6) is 1.67.